The van der Waals surface area contributed by atoms with Gasteiger partial charge in [-0.15, -0.1) is 0 Å². The average molecular weight is 230 g/mol. The summed E-state index contributed by atoms with van der Waals surface area (Å²) in [5, 5.41) is 10.1. The Kier molecular flexibility index (Phi) is 6.74. The van der Waals surface area contributed by atoms with E-state index in [1.165, 1.54) is 44.9 Å². The Hall–Kier alpha value is 0.310. The van der Waals surface area contributed by atoms with Gasteiger partial charge in [0.05, 0.1) is 5.60 Å². The van der Waals surface area contributed by atoms with Crippen LogP contribution in [0.25, 0.3) is 0 Å². The average Bonchev–Trinajstić information content (AvgIpc) is 2.64. The lowest BCUT2D eigenvalue weighted by atomic mass is 9.95. The van der Waals surface area contributed by atoms with Crippen molar-refractivity contribution < 1.29 is 5.11 Å². The Bertz CT molecular complexity index is 153. The molecular formula is C13H26OS. The van der Waals surface area contributed by atoms with E-state index in [9.17, 15) is 5.11 Å². The van der Waals surface area contributed by atoms with Gasteiger partial charge in [0.1, 0.15) is 0 Å². The smallest absolute Gasteiger partial charge is 0.0745 e. The van der Waals surface area contributed by atoms with Crippen LogP contribution in [0.4, 0.5) is 0 Å². The monoisotopic (exact) mass is 230 g/mol. The Balaban J connectivity index is 1.88. The van der Waals surface area contributed by atoms with Gasteiger partial charge >= 0.3 is 0 Å². The summed E-state index contributed by atoms with van der Waals surface area (Å²) < 4.78 is 0. The van der Waals surface area contributed by atoms with Crippen LogP contribution >= 0.6 is 11.8 Å². The van der Waals surface area contributed by atoms with Crippen LogP contribution in [0.1, 0.15) is 64.7 Å². The highest BCUT2D eigenvalue weighted by atomic mass is 32.2. The zero-order chi connectivity index (χ0) is 11.0. The van der Waals surface area contributed by atoms with E-state index in [2.05, 4.69) is 6.92 Å². The number of hydrogen-bond donors (Lipinski definition) is 1. The molecule has 0 aromatic rings. The molecule has 1 nitrogen and oxygen atoms in total. The molecule has 15 heavy (non-hydrogen) atoms. The quantitative estimate of drug-likeness (QED) is 0.636. The number of thioether (sulfide) groups is 1. The molecule has 2 heteroatoms. The van der Waals surface area contributed by atoms with Crippen LogP contribution in [0, 0.1) is 0 Å². The molecule has 1 fully saturated rings. The van der Waals surface area contributed by atoms with Gasteiger partial charge in [-0.05, 0) is 18.6 Å². The second-order valence-corrected chi connectivity index (χ2v) is 6.00. The molecule has 0 amide bonds. The SMILES string of the molecule is CCCCCCCCCC1(O)CCSC1. The normalized spacial score (nSPS) is 26.0. The summed E-state index contributed by atoms with van der Waals surface area (Å²) in [6, 6.07) is 0. The van der Waals surface area contributed by atoms with Gasteiger partial charge < -0.3 is 5.11 Å². The van der Waals surface area contributed by atoms with Crippen molar-refractivity contribution in [1.82, 2.24) is 0 Å². The van der Waals surface area contributed by atoms with Crippen LogP contribution in [0.5, 0.6) is 0 Å². The second kappa shape index (κ2) is 7.56. The van der Waals surface area contributed by atoms with Crippen LogP contribution < -0.4 is 0 Å². The van der Waals surface area contributed by atoms with E-state index in [1.807, 2.05) is 11.8 Å². The van der Waals surface area contributed by atoms with Crippen LogP contribution in [0.3, 0.4) is 0 Å². The number of unbranched alkanes of at least 4 members (excludes halogenated alkanes) is 6. The van der Waals surface area contributed by atoms with E-state index in [0.29, 0.717) is 0 Å². The maximum atomic E-state index is 10.1. The minimum absolute atomic E-state index is 0.298. The van der Waals surface area contributed by atoms with Gasteiger partial charge in [0.25, 0.3) is 0 Å². The topological polar surface area (TPSA) is 20.2 Å². The van der Waals surface area contributed by atoms with Crippen LogP contribution in [0.2, 0.25) is 0 Å². The van der Waals surface area contributed by atoms with Gasteiger partial charge in [0.15, 0.2) is 0 Å². The van der Waals surface area contributed by atoms with Crippen molar-refractivity contribution in [3.05, 3.63) is 0 Å². The van der Waals surface area contributed by atoms with E-state index < -0.39 is 0 Å². The highest BCUT2D eigenvalue weighted by Gasteiger charge is 2.30. The predicted molar refractivity (Wildman–Crippen MR) is 69.5 cm³/mol. The molecule has 1 N–H and O–H groups in total. The number of aliphatic hydroxyl groups is 1. The van der Waals surface area contributed by atoms with Crippen molar-refractivity contribution in [3.63, 3.8) is 0 Å². The van der Waals surface area contributed by atoms with Crippen molar-refractivity contribution in [1.29, 1.82) is 0 Å². The zero-order valence-corrected chi connectivity index (χ0v) is 11.0. The first-order valence-corrected chi connectivity index (χ1v) is 7.72. The summed E-state index contributed by atoms with van der Waals surface area (Å²) in [6.45, 7) is 2.26. The summed E-state index contributed by atoms with van der Waals surface area (Å²) in [5.41, 5.74) is -0.298. The van der Waals surface area contributed by atoms with E-state index >= 15 is 0 Å². The maximum Gasteiger partial charge on any atom is 0.0745 e. The zero-order valence-electron chi connectivity index (χ0n) is 10.1. The van der Waals surface area contributed by atoms with Crippen molar-refractivity contribution in [2.45, 2.75) is 70.3 Å². The number of hydrogen-bond acceptors (Lipinski definition) is 2. The molecule has 1 saturated heterocycles. The first kappa shape index (κ1) is 13.4. The molecule has 90 valence electrons. The van der Waals surface area contributed by atoms with Gasteiger partial charge in [-0.25, -0.2) is 0 Å². The Morgan fingerprint density at radius 2 is 1.73 bits per heavy atom. The minimum atomic E-state index is -0.298. The Morgan fingerprint density at radius 3 is 2.33 bits per heavy atom. The summed E-state index contributed by atoms with van der Waals surface area (Å²) in [7, 11) is 0. The molecule has 0 radical (unpaired) electrons. The van der Waals surface area contributed by atoms with Gasteiger partial charge in [-0.2, -0.15) is 11.8 Å². The Labute approximate surface area is 99.0 Å². The van der Waals surface area contributed by atoms with Gasteiger partial charge in [0.2, 0.25) is 0 Å². The fraction of sp³-hybridized carbons (Fsp3) is 1.00. The lowest BCUT2D eigenvalue weighted by molar-refractivity contribution is 0.0561. The third-order valence-electron chi connectivity index (χ3n) is 3.33. The molecule has 1 heterocycles. The largest absolute Gasteiger partial charge is 0.389 e. The highest BCUT2D eigenvalue weighted by molar-refractivity contribution is 7.99. The summed E-state index contributed by atoms with van der Waals surface area (Å²) >= 11 is 1.91. The molecule has 0 bridgehead atoms. The molecule has 1 aliphatic heterocycles. The molecule has 0 spiro atoms. The standard InChI is InChI=1S/C13H26OS/c1-2-3-4-5-6-7-8-9-13(14)10-11-15-12-13/h14H,2-12H2,1H3. The molecule has 0 aliphatic carbocycles. The van der Waals surface area contributed by atoms with Gasteiger partial charge in [-0.1, -0.05) is 51.9 Å². The maximum absolute atomic E-state index is 10.1. The first-order chi connectivity index (χ1) is 7.27. The summed E-state index contributed by atoms with van der Waals surface area (Å²) in [5.74, 6) is 2.13. The second-order valence-electron chi connectivity index (χ2n) is 4.90. The van der Waals surface area contributed by atoms with Crippen molar-refractivity contribution in [3.8, 4) is 0 Å². The summed E-state index contributed by atoms with van der Waals surface area (Å²) in [4.78, 5) is 0. The van der Waals surface area contributed by atoms with Crippen molar-refractivity contribution in [2.75, 3.05) is 11.5 Å². The predicted octanol–water partition coefficient (Wildman–Crippen LogP) is 4.00. The number of rotatable bonds is 8. The molecular weight excluding hydrogens is 204 g/mol. The third kappa shape index (κ3) is 5.82. The molecule has 1 rings (SSSR count). The van der Waals surface area contributed by atoms with Crippen LogP contribution in [-0.4, -0.2) is 22.2 Å². The Morgan fingerprint density at radius 1 is 1.07 bits per heavy atom. The van der Waals surface area contributed by atoms with E-state index in [-0.39, 0.29) is 5.60 Å². The lowest BCUT2D eigenvalue weighted by Gasteiger charge is -2.20. The van der Waals surface area contributed by atoms with Crippen molar-refractivity contribution in [2.24, 2.45) is 0 Å². The molecule has 1 atom stereocenters. The van der Waals surface area contributed by atoms with E-state index in [4.69, 9.17) is 0 Å². The van der Waals surface area contributed by atoms with Gasteiger partial charge in [0, 0.05) is 5.75 Å². The van der Waals surface area contributed by atoms with E-state index in [0.717, 1.165) is 24.3 Å². The molecule has 0 aromatic carbocycles. The molecule has 1 aliphatic rings. The fourth-order valence-electron chi connectivity index (χ4n) is 2.20. The van der Waals surface area contributed by atoms with E-state index in [1.54, 1.807) is 0 Å². The lowest BCUT2D eigenvalue weighted by Crippen LogP contribution is -2.27. The van der Waals surface area contributed by atoms with Crippen LogP contribution in [-0.2, 0) is 0 Å². The molecule has 0 saturated carbocycles. The fourth-order valence-corrected chi connectivity index (χ4v) is 3.54. The first-order valence-electron chi connectivity index (χ1n) is 6.57. The highest BCUT2D eigenvalue weighted by Crippen LogP contribution is 2.32. The van der Waals surface area contributed by atoms with Crippen LogP contribution in [0.15, 0.2) is 0 Å². The molecule has 1 unspecified atom stereocenters. The summed E-state index contributed by atoms with van der Waals surface area (Å²) in [6.07, 6.45) is 11.5. The van der Waals surface area contributed by atoms with Gasteiger partial charge in [-0.3, -0.25) is 0 Å². The molecule has 0 aromatic heterocycles. The minimum Gasteiger partial charge on any atom is -0.389 e. The third-order valence-corrected chi connectivity index (χ3v) is 4.56. The van der Waals surface area contributed by atoms with Crippen molar-refractivity contribution >= 4 is 11.8 Å².